The number of ketones is 1. The van der Waals surface area contributed by atoms with E-state index in [0.717, 1.165) is 11.3 Å². The molecule has 0 saturated carbocycles. The SMILES string of the molecule is COCCN1C(N)=C(C#N)[C@@H](c2ccc(OCc3ccc(F)cc3)c(Cl)c2)C2=C1CC(C)(C)CC2=O. The van der Waals surface area contributed by atoms with Crippen molar-refractivity contribution in [1.82, 2.24) is 4.90 Å². The van der Waals surface area contributed by atoms with Crippen LogP contribution in [0.3, 0.4) is 0 Å². The standard InChI is InChI=1S/C28H29ClFN3O3/c1-28(2)13-22-26(23(34)14-28)25(20(15-31)27(32)33(22)10-11-35-3)18-6-9-24(21(29)12-18)36-16-17-4-7-19(30)8-5-17/h4-9,12,25H,10-11,13-14,16,32H2,1-3H3/t25-/m1/s1. The molecule has 188 valence electrons. The molecule has 4 rings (SSSR count). The van der Waals surface area contributed by atoms with Gasteiger partial charge in [-0.05, 0) is 47.2 Å². The summed E-state index contributed by atoms with van der Waals surface area (Å²) >= 11 is 6.58. The summed E-state index contributed by atoms with van der Waals surface area (Å²) in [7, 11) is 1.60. The average molecular weight is 510 g/mol. The Balaban J connectivity index is 1.71. The third-order valence-corrected chi connectivity index (χ3v) is 6.90. The van der Waals surface area contributed by atoms with Crippen LogP contribution >= 0.6 is 11.6 Å². The lowest BCUT2D eigenvalue weighted by Crippen LogP contribution is -2.43. The topological polar surface area (TPSA) is 88.6 Å². The Hall–Kier alpha value is -3.34. The van der Waals surface area contributed by atoms with Crippen molar-refractivity contribution >= 4 is 17.4 Å². The molecule has 0 amide bonds. The minimum absolute atomic E-state index is 0.00155. The first-order valence-electron chi connectivity index (χ1n) is 11.7. The van der Waals surface area contributed by atoms with Gasteiger partial charge in [-0.15, -0.1) is 0 Å². The van der Waals surface area contributed by atoms with Crippen LogP contribution in [0, 0.1) is 22.6 Å². The van der Waals surface area contributed by atoms with E-state index in [2.05, 4.69) is 19.9 Å². The lowest BCUT2D eigenvalue weighted by atomic mass is 9.68. The van der Waals surface area contributed by atoms with E-state index in [1.807, 2.05) is 11.0 Å². The second-order valence-corrected chi connectivity index (χ2v) is 10.3. The van der Waals surface area contributed by atoms with E-state index in [-0.39, 0.29) is 23.6 Å². The molecular weight excluding hydrogens is 481 g/mol. The summed E-state index contributed by atoms with van der Waals surface area (Å²) in [5, 5.41) is 10.5. The number of hydrogen-bond donors (Lipinski definition) is 1. The van der Waals surface area contributed by atoms with E-state index in [4.69, 9.17) is 26.8 Å². The zero-order valence-electron chi connectivity index (χ0n) is 20.6. The van der Waals surface area contributed by atoms with Crippen molar-refractivity contribution < 1.29 is 18.7 Å². The van der Waals surface area contributed by atoms with E-state index in [0.29, 0.717) is 59.3 Å². The largest absolute Gasteiger partial charge is 0.487 e. The number of benzene rings is 2. The van der Waals surface area contributed by atoms with Crippen LogP contribution in [0.4, 0.5) is 4.39 Å². The highest BCUT2D eigenvalue weighted by Gasteiger charge is 2.44. The summed E-state index contributed by atoms with van der Waals surface area (Å²) in [6, 6.07) is 13.5. The van der Waals surface area contributed by atoms with Crippen molar-refractivity contribution in [3.8, 4) is 11.8 Å². The first kappa shape index (κ1) is 25.7. The number of carbonyl (C=O) groups is 1. The molecule has 6 nitrogen and oxygen atoms in total. The maximum absolute atomic E-state index is 13.5. The van der Waals surface area contributed by atoms with Crippen LogP contribution in [0.15, 0.2) is 65.1 Å². The Morgan fingerprint density at radius 1 is 1.22 bits per heavy atom. The van der Waals surface area contributed by atoms with E-state index in [1.165, 1.54) is 12.1 Å². The summed E-state index contributed by atoms with van der Waals surface area (Å²) in [4.78, 5) is 15.3. The molecule has 0 fully saturated rings. The maximum atomic E-state index is 13.5. The van der Waals surface area contributed by atoms with Crippen LogP contribution in [-0.4, -0.2) is 30.9 Å². The molecular formula is C28H29ClFN3O3. The molecule has 0 unspecified atom stereocenters. The van der Waals surface area contributed by atoms with E-state index < -0.39 is 5.92 Å². The number of allylic oxidation sites excluding steroid dienone is 3. The van der Waals surface area contributed by atoms with E-state index >= 15 is 0 Å². The van der Waals surface area contributed by atoms with Crippen LogP contribution in [0.25, 0.3) is 0 Å². The number of hydrogen-bond acceptors (Lipinski definition) is 6. The normalized spacial score (nSPS) is 19.3. The van der Waals surface area contributed by atoms with E-state index in [9.17, 15) is 14.4 Å². The van der Waals surface area contributed by atoms with Gasteiger partial charge in [-0.3, -0.25) is 4.79 Å². The smallest absolute Gasteiger partial charge is 0.162 e. The Kier molecular flexibility index (Phi) is 7.39. The Labute approximate surface area is 215 Å². The molecule has 0 radical (unpaired) electrons. The number of Topliss-reactive ketones (excluding diaryl/α,β-unsaturated/α-hetero) is 1. The first-order chi connectivity index (χ1) is 17.1. The summed E-state index contributed by atoms with van der Waals surface area (Å²) in [6.07, 6.45) is 1.03. The molecule has 1 aliphatic heterocycles. The summed E-state index contributed by atoms with van der Waals surface area (Å²) in [6.45, 7) is 5.18. The van der Waals surface area contributed by atoms with Gasteiger partial charge in [-0.25, -0.2) is 4.39 Å². The third kappa shape index (κ3) is 5.11. The first-order valence-corrected chi connectivity index (χ1v) is 12.1. The Bertz CT molecular complexity index is 1280. The minimum Gasteiger partial charge on any atom is -0.487 e. The van der Waals surface area contributed by atoms with Crippen LogP contribution < -0.4 is 10.5 Å². The number of halogens is 2. The van der Waals surface area contributed by atoms with Crippen molar-refractivity contribution in [3.05, 3.63) is 87.1 Å². The number of methoxy groups -OCH3 is 1. The molecule has 0 aromatic heterocycles. The summed E-state index contributed by atoms with van der Waals surface area (Å²) in [5.41, 5.74) is 9.53. The molecule has 0 spiro atoms. The van der Waals surface area contributed by atoms with Crippen molar-refractivity contribution in [1.29, 1.82) is 5.26 Å². The predicted octanol–water partition coefficient (Wildman–Crippen LogP) is 5.44. The van der Waals surface area contributed by atoms with Gasteiger partial charge in [0.25, 0.3) is 0 Å². The number of nitrogens with two attached hydrogens (primary N) is 1. The van der Waals surface area contributed by atoms with Crippen LogP contribution in [-0.2, 0) is 16.1 Å². The molecule has 1 heterocycles. The fraction of sp³-hybridized carbons (Fsp3) is 0.357. The zero-order valence-corrected chi connectivity index (χ0v) is 21.4. The van der Waals surface area contributed by atoms with Crippen molar-refractivity contribution in [3.63, 3.8) is 0 Å². The number of nitrogens with zero attached hydrogens (tertiary/aromatic N) is 2. The molecule has 36 heavy (non-hydrogen) atoms. The highest BCUT2D eigenvalue weighted by atomic mass is 35.5. The average Bonchev–Trinajstić information content (AvgIpc) is 2.82. The zero-order chi connectivity index (χ0) is 26.0. The van der Waals surface area contributed by atoms with Gasteiger partial charge in [0.15, 0.2) is 5.78 Å². The van der Waals surface area contributed by atoms with Gasteiger partial charge in [-0.2, -0.15) is 5.26 Å². The molecule has 8 heteroatoms. The maximum Gasteiger partial charge on any atom is 0.162 e. The van der Waals surface area contributed by atoms with Gasteiger partial charge in [0.1, 0.15) is 24.0 Å². The van der Waals surface area contributed by atoms with Gasteiger partial charge < -0.3 is 20.1 Å². The molecule has 1 atom stereocenters. The van der Waals surface area contributed by atoms with Crippen LogP contribution in [0.5, 0.6) is 5.75 Å². The number of ether oxygens (including phenoxy) is 2. The molecule has 1 aliphatic carbocycles. The van der Waals surface area contributed by atoms with Crippen LogP contribution in [0.1, 0.15) is 43.7 Å². The number of carbonyl (C=O) groups excluding carboxylic acids is 1. The quantitative estimate of drug-likeness (QED) is 0.534. The second kappa shape index (κ2) is 10.3. The lowest BCUT2D eigenvalue weighted by Gasteiger charge is -2.43. The van der Waals surface area contributed by atoms with Gasteiger partial charge in [0, 0.05) is 31.3 Å². The second-order valence-electron chi connectivity index (χ2n) is 9.89. The molecule has 2 aromatic rings. The molecule has 2 N–H and O–H groups in total. The van der Waals surface area contributed by atoms with Crippen LogP contribution in [0.2, 0.25) is 5.02 Å². The summed E-state index contributed by atoms with van der Waals surface area (Å²) in [5.74, 6) is -0.151. The molecule has 0 bridgehead atoms. The molecule has 2 aromatic carbocycles. The minimum atomic E-state index is -0.615. The number of nitriles is 1. The monoisotopic (exact) mass is 509 g/mol. The van der Waals surface area contributed by atoms with Gasteiger partial charge >= 0.3 is 0 Å². The number of rotatable bonds is 7. The Morgan fingerprint density at radius 2 is 1.94 bits per heavy atom. The lowest BCUT2D eigenvalue weighted by molar-refractivity contribution is -0.118. The highest BCUT2D eigenvalue weighted by molar-refractivity contribution is 6.32. The third-order valence-electron chi connectivity index (χ3n) is 6.60. The molecule has 0 saturated heterocycles. The van der Waals surface area contributed by atoms with Gasteiger partial charge in [0.05, 0.1) is 29.2 Å². The van der Waals surface area contributed by atoms with Gasteiger partial charge in [-0.1, -0.05) is 43.6 Å². The van der Waals surface area contributed by atoms with Gasteiger partial charge in [0.2, 0.25) is 0 Å². The van der Waals surface area contributed by atoms with Crippen molar-refractivity contribution in [2.75, 3.05) is 20.3 Å². The van der Waals surface area contributed by atoms with Crippen molar-refractivity contribution in [2.45, 2.75) is 39.2 Å². The Morgan fingerprint density at radius 3 is 2.58 bits per heavy atom. The van der Waals surface area contributed by atoms with Crippen molar-refractivity contribution in [2.24, 2.45) is 11.1 Å². The highest BCUT2D eigenvalue weighted by Crippen LogP contribution is 2.49. The summed E-state index contributed by atoms with van der Waals surface area (Å²) < 4.78 is 24.3. The van der Waals surface area contributed by atoms with E-state index in [1.54, 1.807) is 31.4 Å². The molecule has 2 aliphatic rings. The fourth-order valence-corrected chi connectivity index (χ4v) is 5.15. The predicted molar refractivity (Wildman–Crippen MR) is 135 cm³/mol. The fourth-order valence-electron chi connectivity index (χ4n) is 4.90.